The molecular formula is C20H19F5N8O. The molecule has 0 bridgehead atoms. The maximum absolute atomic E-state index is 15.3. The number of anilines is 1. The monoisotopic (exact) mass is 485 g/mol. The molecule has 1 atom stereocenters. The first-order chi connectivity index (χ1) is 17.3. The van der Waals surface area contributed by atoms with E-state index in [-0.39, 0.29) is 34.2 Å². The summed E-state index contributed by atoms with van der Waals surface area (Å²) >= 11 is 0. The van der Waals surface area contributed by atoms with Crippen LogP contribution in [0.25, 0.3) is 27.7 Å². The Balaban J connectivity index is 1.64. The fourth-order valence-electron chi connectivity index (χ4n) is 4.10. The van der Waals surface area contributed by atoms with Crippen molar-refractivity contribution in [2.75, 3.05) is 32.5 Å². The topological polar surface area (TPSA) is 85.4 Å². The zero-order valence-electron chi connectivity index (χ0n) is 20.5. The number of hydrogen-bond donors (Lipinski definition) is 1. The second-order valence-electron chi connectivity index (χ2n) is 8.01. The Bertz CT molecular complexity index is 1470. The van der Waals surface area contributed by atoms with E-state index in [9.17, 15) is 17.6 Å². The highest BCUT2D eigenvalue weighted by atomic mass is 19.3. The summed E-state index contributed by atoms with van der Waals surface area (Å²) in [5.74, 6) is -5.00. The van der Waals surface area contributed by atoms with Gasteiger partial charge in [0.2, 0.25) is 11.8 Å². The molecule has 1 saturated heterocycles. The lowest BCUT2D eigenvalue weighted by Crippen LogP contribution is -2.38. The van der Waals surface area contributed by atoms with Gasteiger partial charge in [-0.3, -0.25) is 4.90 Å². The highest BCUT2D eigenvalue weighted by molar-refractivity contribution is 5.89. The van der Waals surface area contributed by atoms with Crippen LogP contribution in [0.1, 0.15) is 4.11 Å². The van der Waals surface area contributed by atoms with Gasteiger partial charge in [0.1, 0.15) is 23.6 Å². The van der Waals surface area contributed by atoms with Crippen molar-refractivity contribution in [1.29, 1.82) is 0 Å². The summed E-state index contributed by atoms with van der Waals surface area (Å²) in [6, 6.07) is 2.83. The molecule has 1 aliphatic rings. The minimum Gasteiger partial charge on any atom is -0.479 e. The van der Waals surface area contributed by atoms with Gasteiger partial charge in [0, 0.05) is 6.54 Å². The third-order valence-electron chi connectivity index (χ3n) is 5.55. The van der Waals surface area contributed by atoms with Crippen LogP contribution in [0.5, 0.6) is 5.88 Å². The Hall–Kier alpha value is -3.55. The van der Waals surface area contributed by atoms with Gasteiger partial charge in [-0.2, -0.15) is 4.98 Å². The lowest BCUT2D eigenvalue weighted by Gasteiger charge is -2.19. The number of ether oxygens (including phenoxy) is 1. The Morgan fingerprint density at radius 1 is 1.35 bits per heavy atom. The number of methoxy groups -OCH3 is 1. The molecule has 0 unspecified atom stereocenters. The quantitative estimate of drug-likeness (QED) is 0.421. The minimum absolute atomic E-state index is 0.0461. The third-order valence-corrected chi connectivity index (χ3v) is 5.55. The number of alkyl halides is 4. The smallest absolute Gasteiger partial charge is 0.281 e. The summed E-state index contributed by atoms with van der Waals surface area (Å²) in [4.78, 5) is 5.37. The van der Waals surface area contributed by atoms with Crippen LogP contribution in [0.4, 0.5) is 27.9 Å². The van der Waals surface area contributed by atoms with Crippen LogP contribution in [0.3, 0.4) is 0 Å². The van der Waals surface area contributed by atoms with E-state index in [1.54, 1.807) is 0 Å². The van der Waals surface area contributed by atoms with Crippen molar-refractivity contribution in [2.45, 2.75) is 24.9 Å². The molecule has 1 N–H and O–H groups in total. The summed E-state index contributed by atoms with van der Waals surface area (Å²) < 4.78 is 99.2. The fourth-order valence-corrected chi connectivity index (χ4v) is 4.10. The van der Waals surface area contributed by atoms with E-state index in [1.807, 2.05) is 0 Å². The molecule has 0 spiro atoms. The number of fused-ring (bicyclic) bond motifs is 2. The molecule has 4 heterocycles. The fraction of sp³-hybridized carbons (Fsp3) is 0.400. The zero-order valence-corrected chi connectivity index (χ0v) is 17.5. The number of hydrogen-bond acceptors (Lipinski definition) is 7. The van der Waals surface area contributed by atoms with Gasteiger partial charge in [-0.15, -0.1) is 10.2 Å². The molecule has 1 fully saturated rings. The minimum atomic E-state index is -3.13. The molecule has 14 heteroatoms. The maximum Gasteiger partial charge on any atom is 0.281 e. The standard InChI is InChI=1S/C20H19F5N8O/c1-31-7-14(20(24,25)9-31)26-19-27-18(34-2)17-16(11(21)6-33(17)29-19)10-3-4-12-13(5-10)32(30-28-12)8-15(22)23/h3-6,14-15H,7-9H2,1-2H3,(H,26,29)/t14-/m1/s1/i2D3. The summed E-state index contributed by atoms with van der Waals surface area (Å²) in [5.41, 5.74) is 0.207. The summed E-state index contributed by atoms with van der Waals surface area (Å²) in [6.07, 6.45) is -1.81. The first kappa shape index (κ1) is 18.8. The van der Waals surface area contributed by atoms with Crippen molar-refractivity contribution in [1.82, 2.24) is 34.5 Å². The van der Waals surface area contributed by atoms with E-state index in [0.29, 0.717) is 0 Å². The average Bonchev–Trinajstić information content (AvgIpc) is 3.38. The number of benzene rings is 1. The van der Waals surface area contributed by atoms with Gasteiger partial charge >= 0.3 is 0 Å². The first-order valence-corrected chi connectivity index (χ1v) is 10.0. The largest absolute Gasteiger partial charge is 0.479 e. The van der Waals surface area contributed by atoms with Gasteiger partial charge in [0.25, 0.3) is 12.3 Å². The number of nitrogens with one attached hydrogen (secondary N) is 1. The van der Waals surface area contributed by atoms with Gasteiger partial charge in [0.15, 0.2) is 5.82 Å². The molecule has 9 nitrogen and oxygen atoms in total. The third kappa shape index (κ3) is 3.77. The van der Waals surface area contributed by atoms with Crippen LogP contribution in [-0.2, 0) is 6.54 Å². The molecule has 0 aliphatic carbocycles. The number of aromatic nitrogens is 6. The Labute approximate surface area is 193 Å². The van der Waals surface area contributed by atoms with Crippen molar-refractivity contribution in [3.8, 4) is 17.0 Å². The SMILES string of the molecule is [2H]C([2H])([2H])Oc1nc(N[C@@H]2CN(C)CC2(F)F)nn2cc(F)c(-c3ccc4nnn(CC(F)F)c4c3)c12. The number of halogens is 5. The molecule has 0 saturated carbocycles. The average molecular weight is 485 g/mol. The number of likely N-dealkylation sites (N-methyl/N-ethyl adjacent to an activating group) is 1. The van der Waals surface area contributed by atoms with Gasteiger partial charge < -0.3 is 10.1 Å². The molecule has 34 heavy (non-hydrogen) atoms. The number of rotatable bonds is 6. The van der Waals surface area contributed by atoms with Crippen LogP contribution in [-0.4, -0.2) is 80.1 Å². The predicted octanol–water partition coefficient (Wildman–Crippen LogP) is 2.92. The molecule has 180 valence electrons. The molecule has 5 rings (SSSR count). The molecule has 1 aliphatic heterocycles. The second-order valence-corrected chi connectivity index (χ2v) is 8.01. The van der Waals surface area contributed by atoms with Gasteiger partial charge in [-0.05, 0) is 24.7 Å². The van der Waals surface area contributed by atoms with Crippen molar-refractivity contribution < 1.29 is 30.8 Å². The zero-order chi connectivity index (χ0) is 26.7. The van der Waals surface area contributed by atoms with Crippen LogP contribution in [0.15, 0.2) is 24.4 Å². The van der Waals surface area contributed by atoms with E-state index < -0.39 is 56.2 Å². The Morgan fingerprint density at radius 3 is 2.88 bits per heavy atom. The van der Waals surface area contributed by atoms with E-state index in [0.717, 1.165) is 15.4 Å². The lowest BCUT2D eigenvalue weighted by atomic mass is 10.1. The number of likely N-dealkylation sites (tertiary alicyclic amines) is 1. The predicted molar refractivity (Wildman–Crippen MR) is 112 cm³/mol. The van der Waals surface area contributed by atoms with Crippen LogP contribution in [0, 0.1) is 5.82 Å². The van der Waals surface area contributed by atoms with Crippen LogP contribution >= 0.6 is 0 Å². The van der Waals surface area contributed by atoms with Gasteiger partial charge in [-0.25, -0.2) is 31.1 Å². The Morgan fingerprint density at radius 2 is 2.18 bits per heavy atom. The van der Waals surface area contributed by atoms with Crippen LogP contribution < -0.4 is 10.1 Å². The molecule has 0 radical (unpaired) electrons. The van der Waals surface area contributed by atoms with Gasteiger partial charge in [0.05, 0.1) is 35.0 Å². The normalized spacial score (nSPS) is 20.1. The Kier molecular flexibility index (Phi) is 4.45. The van der Waals surface area contributed by atoms with Crippen molar-refractivity contribution in [2.24, 2.45) is 0 Å². The summed E-state index contributed by atoms with van der Waals surface area (Å²) in [6.45, 7) is -1.30. The molecule has 1 aromatic carbocycles. The lowest BCUT2D eigenvalue weighted by molar-refractivity contribution is 0.00582. The maximum atomic E-state index is 15.3. The number of nitrogens with zero attached hydrogens (tertiary/aromatic N) is 7. The van der Waals surface area contributed by atoms with Crippen molar-refractivity contribution in [3.05, 3.63) is 30.2 Å². The second kappa shape index (κ2) is 8.04. The first-order valence-electron chi connectivity index (χ1n) is 11.5. The van der Waals surface area contributed by atoms with Gasteiger partial charge in [-0.1, -0.05) is 11.3 Å². The van der Waals surface area contributed by atoms with E-state index in [4.69, 9.17) is 8.85 Å². The molecular weight excluding hydrogens is 463 g/mol. The molecule has 3 aromatic heterocycles. The summed E-state index contributed by atoms with van der Waals surface area (Å²) in [5, 5.41) is 14.0. The van der Waals surface area contributed by atoms with E-state index >= 15 is 4.39 Å². The van der Waals surface area contributed by atoms with Crippen molar-refractivity contribution >= 4 is 22.5 Å². The highest BCUT2D eigenvalue weighted by Gasteiger charge is 2.47. The van der Waals surface area contributed by atoms with Crippen LogP contribution in [0.2, 0.25) is 0 Å². The van der Waals surface area contributed by atoms with E-state index in [1.165, 1.54) is 30.1 Å². The highest BCUT2D eigenvalue weighted by Crippen LogP contribution is 2.36. The molecule has 4 aromatic rings. The van der Waals surface area contributed by atoms with E-state index in [2.05, 4.69) is 25.7 Å². The molecule has 0 amide bonds. The summed E-state index contributed by atoms with van der Waals surface area (Å²) in [7, 11) is -1.51. The van der Waals surface area contributed by atoms with Crippen molar-refractivity contribution in [3.63, 3.8) is 0 Å².